The van der Waals surface area contributed by atoms with Crippen molar-refractivity contribution in [2.24, 2.45) is 5.92 Å². The lowest BCUT2D eigenvalue weighted by atomic mass is 10.1. The molecule has 0 bridgehead atoms. The Bertz CT molecular complexity index is 679. The van der Waals surface area contributed by atoms with E-state index in [2.05, 4.69) is 24.2 Å². The Kier molecular flexibility index (Phi) is 5.66. The van der Waals surface area contributed by atoms with Crippen LogP contribution in [-0.4, -0.2) is 68.3 Å². The zero-order valence-electron chi connectivity index (χ0n) is 15.8. The molecular formula is C19H28N4O3. The first kappa shape index (κ1) is 18.5. The first-order valence-electron chi connectivity index (χ1n) is 9.27. The van der Waals surface area contributed by atoms with Gasteiger partial charge >= 0.3 is 12.1 Å². The maximum Gasteiger partial charge on any atom is 0.414 e. The minimum atomic E-state index is -0.339. The van der Waals surface area contributed by atoms with Crippen molar-refractivity contribution in [3.8, 4) is 0 Å². The molecular weight excluding hydrogens is 332 g/mol. The predicted molar refractivity (Wildman–Crippen MR) is 102 cm³/mol. The first-order valence-corrected chi connectivity index (χ1v) is 9.27. The number of amides is 3. The number of hydrogen-bond acceptors (Lipinski definition) is 4. The highest BCUT2D eigenvalue weighted by Gasteiger charge is 2.28. The Labute approximate surface area is 154 Å². The lowest BCUT2D eigenvalue weighted by molar-refractivity contribution is 0.181. The fraction of sp³-hybridized carbons (Fsp3) is 0.579. The van der Waals surface area contributed by atoms with Crippen LogP contribution in [-0.2, 0) is 4.74 Å². The van der Waals surface area contributed by atoms with Crippen LogP contribution in [0.5, 0.6) is 0 Å². The van der Waals surface area contributed by atoms with Crippen molar-refractivity contribution in [3.05, 3.63) is 23.8 Å². The van der Waals surface area contributed by atoms with Crippen LogP contribution in [0.1, 0.15) is 18.9 Å². The minimum absolute atomic E-state index is 0.0732. The summed E-state index contributed by atoms with van der Waals surface area (Å²) >= 11 is 0. The molecule has 0 aliphatic carbocycles. The summed E-state index contributed by atoms with van der Waals surface area (Å²) in [5.41, 5.74) is 2.45. The molecule has 3 rings (SSSR count). The highest BCUT2D eigenvalue weighted by atomic mass is 16.6. The third-order valence-electron chi connectivity index (χ3n) is 5.22. The summed E-state index contributed by atoms with van der Waals surface area (Å²) < 4.78 is 4.99. The Morgan fingerprint density at radius 3 is 2.88 bits per heavy atom. The van der Waals surface area contributed by atoms with Gasteiger partial charge in [0.25, 0.3) is 0 Å². The third-order valence-corrected chi connectivity index (χ3v) is 5.22. The van der Waals surface area contributed by atoms with E-state index in [1.54, 1.807) is 4.90 Å². The van der Waals surface area contributed by atoms with E-state index >= 15 is 0 Å². The molecule has 1 aromatic rings. The van der Waals surface area contributed by atoms with Gasteiger partial charge in [0.2, 0.25) is 0 Å². The fourth-order valence-electron chi connectivity index (χ4n) is 3.47. The molecule has 2 heterocycles. The largest absolute Gasteiger partial charge is 0.447 e. The van der Waals surface area contributed by atoms with E-state index in [0.717, 1.165) is 49.5 Å². The minimum Gasteiger partial charge on any atom is -0.447 e. The molecule has 3 amide bonds. The van der Waals surface area contributed by atoms with Gasteiger partial charge in [0.05, 0.1) is 6.54 Å². The van der Waals surface area contributed by atoms with Crippen molar-refractivity contribution in [2.45, 2.75) is 20.3 Å². The summed E-state index contributed by atoms with van der Waals surface area (Å²) in [7, 11) is 2.11. The van der Waals surface area contributed by atoms with Crippen LogP contribution in [0.15, 0.2) is 18.2 Å². The van der Waals surface area contributed by atoms with E-state index in [9.17, 15) is 9.59 Å². The fourth-order valence-corrected chi connectivity index (χ4v) is 3.47. The number of likely N-dealkylation sites (tertiary alicyclic amines) is 1. The van der Waals surface area contributed by atoms with E-state index < -0.39 is 0 Å². The molecule has 2 fully saturated rings. The standard InChI is InChI=1S/C19H28N4O3/c1-4-21(3)12-15-7-8-22(13-15)18(24)20-17-11-16(6-5-14(17)2)23-9-10-26-19(23)25/h5-6,11,15H,4,7-10,12-13H2,1-3H3,(H,20,24). The summed E-state index contributed by atoms with van der Waals surface area (Å²) in [6, 6.07) is 5.57. The molecule has 1 N–H and O–H groups in total. The normalized spacial score (nSPS) is 20.0. The molecule has 0 aromatic heterocycles. The van der Waals surface area contributed by atoms with Crippen LogP contribution >= 0.6 is 0 Å². The van der Waals surface area contributed by atoms with E-state index in [1.807, 2.05) is 30.0 Å². The smallest absolute Gasteiger partial charge is 0.414 e. The first-order chi connectivity index (χ1) is 12.5. The summed E-state index contributed by atoms with van der Waals surface area (Å²) in [6.07, 6.45) is 0.699. The zero-order chi connectivity index (χ0) is 18.7. The summed E-state index contributed by atoms with van der Waals surface area (Å²) in [5.74, 6) is 0.525. The van der Waals surface area contributed by atoms with E-state index in [-0.39, 0.29) is 12.1 Å². The van der Waals surface area contributed by atoms with Gasteiger partial charge in [-0.05, 0) is 50.6 Å². The lowest BCUT2D eigenvalue weighted by Crippen LogP contribution is -2.34. The Morgan fingerprint density at radius 2 is 2.19 bits per heavy atom. The van der Waals surface area contributed by atoms with Gasteiger partial charge in [-0.3, -0.25) is 4.90 Å². The van der Waals surface area contributed by atoms with Crippen molar-refractivity contribution in [2.75, 3.05) is 56.6 Å². The number of ether oxygens (including phenoxy) is 1. The van der Waals surface area contributed by atoms with Gasteiger partial charge < -0.3 is 19.9 Å². The van der Waals surface area contributed by atoms with Gasteiger partial charge in [0.15, 0.2) is 0 Å². The van der Waals surface area contributed by atoms with Crippen LogP contribution in [0, 0.1) is 12.8 Å². The molecule has 0 saturated carbocycles. The number of nitrogens with zero attached hydrogens (tertiary/aromatic N) is 3. The zero-order valence-corrected chi connectivity index (χ0v) is 15.8. The summed E-state index contributed by atoms with van der Waals surface area (Å²) in [4.78, 5) is 30.2. The van der Waals surface area contributed by atoms with Gasteiger partial charge in [0, 0.05) is 31.0 Å². The molecule has 7 nitrogen and oxygen atoms in total. The Morgan fingerprint density at radius 1 is 1.38 bits per heavy atom. The molecule has 7 heteroatoms. The Hall–Kier alpha value is -2.28. The number of cyclic esters (lactones) is 1. The van der Waals surface area contributed by atoms with Crippen molar-refractivity contribution in [1.82, 2.24) is 9.80 Å². The van der Waals surface area contributed by atoms with Crippen LogP contribution in [0.4, 0.5) is 21.0 Å². The SMILES string of the molecule is CCN(C)CC1CCN(C(=O)Nc2cc(N3CCOC3=O)ccc2C)C1. The lowest BCUT2D eigenvalue weighted by Gasteiger charge is -2.21. The van der Waals surface area contributed by atoms with Crippen molar-refractivity contribution in [3.63, 3.8) is 0 Å². The van der Waals surface area contributed by atoms with E-state index in [4.69, 9.17) is 4.74 Å². The molecule has 0 radical (unpaired) electrons. The molecule has 0 spiro atoms. The average molecular weight is 360 g/mol. The highest BCUT2D eigenvalue weighted by Crippen LogP contribution is 2.26. The van der Waals surface area contributed by atoms with Gasteiger partial charge in [-0.2, -0.15) is 0 Å². The number of hydrogen-bond donors (Lipinski definition) is 1. The van der Waals surface area contributed by atoms with Gasteiger partial charge in [-0.1, -0.05) is 13.0 Å². The van der Waals surface area contributed by atoms with E-state index in [0.29, 0.717) is 19.1 Å². The number of anilines is 2. The van der Waals surface area contributed by atoms with Gasteiger partial charge in [-0.15, -0.1) is 0 Å². The van der Waals surface area contributed by atoms with Crippen molar-refractivity contribution >= 4 is 23.5 Å². The maximum absolute atomic E-state index is 12.7. The van der Waals surface area contributed by atoms with Crippen LogP contribution in [0.2, 0.25) is 0 Å². The summed E-state index contributed by atoms with van der Waals surface area (Å²) in [5, 5.41) is 3.01. The van der Waals surface area contributed by atoms with Crippen LogP contribution < -0.4 is 10.2 Å². The molecule has 1 atom stereocenters. The van der Waals surface area contributed by atoms with Crippen LogP contribution in [0.25, 0.3) is 0 Å². The summed E-state index contributed by atoms with van der Waals surface area (Å²) in [6.45, 7) is 8.64. The number of rotatable bonds is 5. The number of urea groups is 1. The van der Waals surface area contributed by atoms with Gasteiger partial charge in [-0.25, -0.2) is 9.59 Å². The second-order valence-corrected chi connectivity index (χ2v) is 7.15. The topological polar surface area (TPSA) is 65.1 Å². The van der Waals surface area contributed by atoms with Crippen molar-refractivity contribution in [1.29, 1.82) is 0 Å². The molecule has 1 unspecified atom stereocenters. The molecule has 142 valence electrons. The monoisotopic (exact) mass is 360 g/mol. The maximum atomic E-state index is 12.7. The number of carbonyl (C=O) groups is 2. The predicted octanol–water partition coefficient (Wildman–Crippen LogP) is 2.76. The molecule has 2 saturated heterocycles. The van der Waals surface area contributed by atoms with Crippen LogP contribution in [0.3, 0.4) is 0 Å². The number of aryl methyl sites for hydroxylation is 1. The number of carbonyl (C=O) groups excluding carboxylic acids is 2. The molecule has 26 heavy (non-hydrogen) atoms. The third kappa shape index (κ3) is 4.09. The second-order valence-electron chi connectivity index (χ2n) is 7.15. The number of nitrogens with one attached hydrogen (secondary N) is 1. The molecule has 2 aliphatic rings. The highest BCUT2D eigenvalue weighted by molar-refractivity contribution is 5.93. The number of benzene rings is 1. The van der Waals surface area contributed by atoms with Crippen molar-refractivity contribution < 1.29 is 14.3 Å². The van der Waals surface area contributed by atoms with Gasteiger partial charge in [0.1, 0.15) is 6.61 Å². The van der Waals surface area contributed by atoms with E-state index in [1.165, 1.54) is 0 Å². The quantitative estimate of drug-likeness (QED) is 0.877. The Balaban J connectivity index is 1.63. The second kappa shape index (κ2) is 7.95. The molecule has 2 aliphatic heterocycles. The molecule has 1 aromatic carbocycles. The average Bonchev–Trinajstić information content (AvgIpc) is 3.26.